The number of nitrogens with zero attached hydrogens (tertiary/aromatic N) is 2. The molecule has 276 valence electrons. The van der Waals surface area contributed by atoms with Gasteiger partial charge in [0.05, 0.1) is 25.3 Å². The van der Waals surface area contributed by atoms with Gasteiger partial charge in [-0.3, -0.25) is 14.9 Å². The van der Waals surface area contributed by atoms with Gasteiger partial charge < -0.3 is 44.3 Å². The molecule has 2 saturated heterocycles. The summed E-state index contributed by atoms with van der Waals surface area (Å²) in [4.78, 5) is 55.5. The lowest BCUT2D eigenvalue weighted by molar-refractivity contribution is -0.162. The number of nitrogens with one attached hydrogen (secondary N) is 1. The molecule has 2 fully saturated rings. The summed E-state index contributed by atoms with van der Waals surface area (Å²) in [6.45, 7) is 7.05. The number of allylic oxidation sites excluding steroid dienone is 3. The van der Waals surface area contributed by atoms with Gasteiger partial charge in [0.25, 0.3) is 0 Å². The van der Waals surface area contributed by atoms with Gasteiger partial charge in [-0.15, -0.1) is 0 Å². The van der Waals surface area contributed by atoms with Crippen LogP contribution in [0.4, 0.5) is 10.5 Å². The number of rotatable bonds is 7. The van der Waals surface area contributed by atoms with Crippen molar-refractivity contribution in [2.75, 3.05) is 39.8 Å². The van der Waals surface area contributed by atoms with Crippen molar-refractivity contribution in [1.82, 2.24) is 10.2 Å². The molecule has 0 aliphatic carbocycles. The number of ether oxygens (including phenoxy) is 5. The minimum absolute atomic E-state index is 0.0425. The maximum Gasteiger partial charge on any atom is 0.409 e. The molecular formula is C35H49ClN4O10. The number of alkyl carbamates (subject to hydrolysis) is 1. The van der Waals surface area contributed by atoms with Crippen LogP contribution in [0.15, 0.2) is 35.9 Å². The second kappa shape index (κ2) is 15.7. The van der Waals surface area contributed by atoms with E-state index >= 15 is 0 Å². The second-order valence-corrected chi connectivity index (χ2v) is 13.8. The lowest BCUT2D eigenvalue weighted by Crippen LogP contribution is -2.63. The van der Waals surface area contributed by atoms with E-state index in [0.29, 0.717) is 17.9 Å². The summed E-state index contributed by atoms with van der Waals surface area (Å²) in [6.07, 6.45) is 0.948. The molecule has 3 heterocycles. The Morgan fingerprint density at radius 1 is 1.28 bits per heavy atom. The van der Waals surface area contributed by atoms with E-state index in [2.05, 4.69) is 5.32 Å². The third kappa shape index (κ3) is 8.26. The molecule has 3 aliphatic rings. The van der Waals surface area contributed by atoms with E-state index in [1.165, 1.54) is 38.0 Å². The van der Waals surface area contributed by atoms with Crippen LogP contribution in [0.5, 0.6) is 5.75 Å². The van der Waals surface area contributed by atoms with Crippen LogP contribution in [0.3, 0.4) is 0 Å². The van der Waals surface area contributed by atoms with Crippen molar-refractivity contribution < 1.29 is 48.0 Å². The van der Waals surface area contributed by atoms with Crippen LogP contribution in [0.2, 0.25) is 5.02 Å². The molecule has 15 heteroatoms. The molecule has 4 bridgehead atoms. The number of hydrogen-bond acceptors (Lipinski definition) is 11. The Hall–Kier alpha value is -3.69. The van der Waals surface area contributed by atoms with Crippen LogP contribution in [0.25, 0.3) is 0 Å². The number of likely N-dealkylation sites (N-methyl/N-ethyl adjacent to an activating group) is 1. The van der Waals surface area contributed by atoms with Gasteiger partial charge in [0.15, 0.2) is 5.72 Å². The fourth-order valence-corrected chi connectivity index (χ4v) is 6.83. The van der Waals surface area contributed by atoms with Crippen molar-refractivity contribution in [3.63, 3.8) is 0 Å². The summed E-state index contributed by atoms with van der Waals surface area (Å²) in [5.74, 6) is -1.69. The summed E-state index contributed by atoms with van der Waals surface area (Å²) in [5.41, 5.74) is 4.62. The van der Waals surface area contributed by atoms with Crippen molar-refractivity contribution in [2.24, 2.45) is 11.7 Å². The normalized spacial score (nSPS) is 32.3. The number of aliphatic hydroxyl groups is 1. The first kappa shape index (κ1) is 39.1. The average molecular weight is 721 g/mol. The van der Waals surface area contributed by atoms with Crippen LogP contribution < -0.4 is 20.7 Å². The standard InChI is InChI=1S/C35H49ClN4O10/c1-19-10-9-11-26(47-8)35(45)18-25(48-33(44)38-35)20(2)31-34(4,50-31)27(49-32(43)21(3)39(5)28(41)12-13-37)17-29(42)40(6)23-15-22(14-19)16-24(46-7)30(23)36/h9-11,15-16,20-21,25-27,31,45H,12-14,17-18,37H2,1-8H3,(H,38,44)/b11-9+,19-10+/t20-,21+,25+,26-,27+,31+,34+,35+/m1/s1. The molecule has 0 radical (unpaired) electrons. The molecule has 1 aromatic carbocycles. The number of hydrogen-bond donors (Lipinski definition) is 3. The lowest BCUT2D eigenvalue weighted by Gasteiger charge is -2.42. The summed E-state index contributed by atoms with van der Waals surface area (Å²) in [6, 6.07) is 2.57. The zero-order valence-electron chi connectivity index (χ0n) is 29.9. The number of halogens is 1. The van der Waals surface area contributed by atoms with Crippen LogP contribution in [-0.2, 0) is 39.8 Å². The number of carbonyl (C=O) groups excluding carboxylic acids is 4. The van der Waals surface area contributed by atoms with Gasteiger partial charge in [0, 0.05) is 46.5 Å². The van der Waals surface area contributed by atoms with Gasteiger partial charge in [0.1, 0.15) is 40.7 Å². The highest BCUT2D eigenvalue weighted by molar-refractivity contribution is 6.35. The van der Waals surface area contributed by atoms with E-state index in [9.17, 15) is 24.3 Å². The molecule has 3 aliphatic heterocycles. The third-order valence-corrected chi connectivity index (χ3v) is 10.3. The van der Waals surface area contributed by atoms with Gasteiger partial charge in [-0.25, -0.2) is 9.59 Å². The molecule has 14 nitrogen and oxygen atoms in total. The van der Waals surface area contributed by atoms with E-state index in [4.69, 9.17) is 41.0 Å². The Bertz CT molecular complexity index is 1540. The smallest absolute Gasteiger partial charge is 0.409 e. The van der Waals surface area contributed by atoms with Crippen molar-refractivity contribution in [3.8, 4) is 5.75 Å². The highest BCUT2D eigenvalue weighted by Crippen LogP contribution is 2.49. The summed E-state index contributed by atoms with van der Waals surface area (Å²) < 4.78 is 29.0. The van der Waals surface area contributed by atoms with Crippen LogP contribution in [-0.4, -0.2) is 111 Å². The zero-order valence-corrected chi connectivity index (χ0v) is 30.6. The predicted molar refractivity (Wildman–Crippen MR) is 185 cm³/mol. The number of nitrogens with two attached hydrogens (primary N) is 1. The summed E-state index contributed by atoms with van der Waals surface area (Å²) >= 11 is 6.73. The fourth-order valence-electron chi connectivity index (χ4n) is 6.52. The molecule has 1 aromatic rings. The van der Waals surface area contributed by atoms with Gasteiger partial charge in [-0.2, -0.15) is 0 Å². The monoisotopic (exact) mass is 720 g/mol. The molecule has 4 N–H and O–H groups in total. The minimum Gasteiger partial charge on any atom is -0.495 e. The first-order valence-electron chi connectivity index (χ1n) is 16.5. The highest BCUT2D eigenvalue weighted by atomic mass is 35.5. The summed E-state index contributed by atoms with van der Waals surface area (Å²) in [7, 11) is 5.95. The first-order valence-corrected chi connectivity index (χ1v) is 16.9. The summed E-state index contributed by atoms with van der Waals surface area (Å²) in [5, 5.41) is 14.4. The molecule has 0 saturated carbocycles. The molecule has 8 atom stereocenters. The largest absolute Gasteiger partial charge is 0.495 e. The molecule has 3 amide bonds. The van der Waals surface area contributed by atoms with E-state index in [1.54, 1.807) is 45.2 Å². The first-order chi connectivity index (χ1) is 23.5. The van der Waals surface area contributed by atoms with E-state index in [0.717, 1.165) is 11.1 Å². The average Bonchev–Trinajstić information content (AvgIpc) is 3.76. The van der Waals surface area contributed by atoms with Gasteiger partial charge in [0.2, 0.25) is 11.8 Å². The van der Waals surface area contributed by atoms with Crippen LogP contribution >= 0.6 is 11.6 Å². The van der Waals surface area contributed by atoms with Gasteiger partial charge >= 0.3 is 12.1 Å². The lowest BCUT2D eigenvalue weighted by atomic mass is 9.83. The maximum atomic E-state index is 14.0. The Balaban J connectivity index is 1.78. The molecular weight excluding hydrogens is 672 g/mol. The Morgan fingerprint density at radius 2 is 1.98 bits per heavy atom. The fraction of sp³-hybridized carbons (Fsp3) is 0.600. The predicted octanol–water partition coefficient (Wildman–Crippen LogP) is 2.86. The third-order valence-electron chi connectivity index (χ3n) is 9.88. The topological polar surface area (TPSA) is 182 Å². The number of carbonyl (C=O) groups is 4. The van der Waals surface area contributed by atoms with E-state index < -0.39 is 65.7 Å². The molecule has 0 unspecified atom stereocenters. The SMILES string of the molecule is COc1cc2cc(c1Cl)N(C)C(=O)C[C@H](OC(=O)[C@H](C)N(C)C(=O)CCN)[C@]1(C)O[C@H]1[C@H](C)[C@@H]1C[C@@](O)(NC(=O)O1)[C@H](OC)/C=C/C=C(\C)C2. The number of anilines is 1. The molecule has 50 heavy (non-hydrogen) atoms. The van der Waals surface area contributed by atoms with E-state index in [-0.39, 0.29) is 36.7 Å². The number of methoxy groups -OCH3 is 2. The van der Waals surface area contributed by atoms with Crippen molar-refractivity contribution in [2.45, 2.75) is 95.2 Å². The Morgan fingerprint density at radius 3 is 2.62 bits per heavy atom. The second-order valence-electron chi connectivity index (χ2n) is 13.4. The number of fused-ring (bicyclic) bond motifs is 5. The number of epoxide rings is 1. The molecule has 0 spiro atoms. The van der Waals surface area contributed by atoms with Crippen LogP contribution in [0, 0.1) is 5.92 Å². The van der Waals surface area contributed by atoms with Gasteiger partial charge in [-0.1, -0.05) is 42.3 Å². The van der Waals surface area contributed by atoms with Gasteiger partial charge in [-0.05, 0) is 44.9 Å². The van der Waals surface area contributed by atoms with Crippen LogP contribution in [0.1, 0.15) is 52.5 Å². The molecule has 0 aromatic heterocycles. The minimum atomic E-state index is -1.82. The number of amides is 3. The zero-order chi connectivity index (χ0) is 37.1. The Labute approximate surface area is 297 Å². The Kier molecular flexibility index (Phi) is 12.3. The molecule has 4 rings (SSSR count). The number of benzene rings is 1. The quantitative estimate of drug-likeness (QED) is 0.278. The van der Waals surface area contributed by atoms with Crippen molar-refractivity contribution in [3.05, 3.63) is 46.5 Å². The number of esters is 1. The highest BCUT2D eigenvalue weighted by Gasteiger charge is 2.64. The van der Waals surface area contributed by atoms with E-state index in [1.807, 2.05) is 13.0 Å². The van der Waals surface area contributed by atoms with Crippen molar-refractivity contribution >= 4 is 41.2 Å². The van der Waals surface area contributed by atoms with Crippen molar-refractivity contribution in [1.29, 1.82) is 0 Å². The maximum absolute atomic E-state index is 14.0.